The van der Waals surface area contributed by atoms with Crippen molar-refractivity contribution in [2.45, 2.75) is 25.3 Å². The Hall–Kier alpha value is -0.640. The molecule has 1 atom stereocenters. The number of halogens is 1. The summed E-state index contributed by atoms with van der Waals surface area (Å²) in [7, 11) is 0. The zero-order valence-electron chi connectivity index (χ0n) is 10.2. The topological polar surface area (TPSA) is 12.0 Å². The van der Waals surface area contributed by atoms with Gasteiger partial charge in [0.15, 0.2) is 0 Å². The van der Waals surface area contributed by atoms with Crippen LogP contribution >= 0.6 is 27.3 Å². The van der Waals surface area contributed by atoms with E-state index in [-0.39, 0.29) is 0 Å². The molecule has 0 spiro atoms. The minimum atomic E-state index is 0.560. The highest BCUT2D eigenvalue weighted by Gasteiger charge is 2.20. The van der Waals surface area contributed by atoms with Crippen molar-refractivity contribution in [3.63, 3.8) is 0 Å². The van der Waals surface area contributed by atoms with Crippen molar-refractivity contribution in [3.05, 3.63) is 56.2 Å². The van der Waals surface area contributed by atoms with Crippen molar-refractivity contribution in [1.29, 1.82) is 0 Å². The molecule has 1 heterocycles. The Labute approximate surface area is 120 Å². The van der Waals surface area contributed by atoms with E-state index in [1.807, 2.05) is 11.3 Å². The number of fused-ring (bicyclic) bond motifs is 1. The largest absolute Gasteiger partial charge is 0.310 e. The first-order valence-electron chi connectivity index (χ1n) is 6.38. The molecule has 1 unspecified atom stereocenters. The van der Waals surface area contributed by atoms with Crippen molar-refractivity contribution >= 4 is 27.3 Å². The van der Waals surface area contributed by atoms with Crippen LogP contribution in [-0.2, 0) is 12.8 Å². The van der Waals surface area contributed by atoms with Gasteiger partial charge in [-0.15, -0.1) is 11.3 Å². The van der Waals surface area contributed by atoms with E-state index in [9.17, 15) is 0 Å². The summed E-state index contributed by atoms with van der Waals surface area (Å²) in [5.74, 6) is 0. The molecule has 3 heteroatoms. The van der Waals surface area contributed by atoms with Gasteiger partial charge in [0.1, 0.15) is 0 Å². The molecule has 0 aliphatic heterocycles. The first-order valence-corrected chi connectivity index (χ1v) is 7.99. The SMILES string of the molecule is Brc1ccc(CCNC2CCc3ccccc32)s1. The molecule has 0 fully saturated rings. The quantitative estimate of drug-likeness (QED) is 0.883. The van der Waals surface area contributed by atoms with Gasteiger partial charge in [-0.1, -0.05) is 24.3 Å². The van der Waals surface area contributed by atoms with E-state index in [2.05, 4.69) is 57.6 Å². The Morgan fingerprint density at radius 3 is 2.94 bits per heavy atom. The summed E-state index contributed by atoms with van der Waals surface area (Å²) >= 11 is 5.34. The lowest BCUT2D eigenvalue weighted by atomic mass is 10.1. The van der Waals surface area contributed by atoms with Gasteiger partial charge in [0.05, 0.1) is 3.79 Å². The molecule has 2 aromatic rings. The molecule has 1 N–H and O–H groups in total. The van der Waals surface area contributed by atoms with Gasteiger partial charge in [-0.3, -0.25) is 0 Å². The normalized spacial score (nSPS) is 17.9. The summed E-state index contributed by atoms with van der Waals surface area (Å²) in [5, 5.41) is 3.69. The number of thiophene rings is 1. The fraction of sp³-hybridized carbons (Fsp3) is 0.333. The second-order valence-corrected chi connectivity index (χ2v) is 7.25. The van der Waals surface area contributed by atoms with Crippen LogP contribution in [0.25, 0.3) is 0 Å². The van der Waals surface area contributed by atoms with Crippen molar-refractivity contribution in [2.75, 3.05) is 6.54 Å². The molecular formula is C15H16BrNS. The van der Waals surface area contributed by atoms with Gasteiger partial charge in [-0.25, -0.2) is 0 Å². The molecule has 94 valence electrons. The number of rotatable bonds is 4. The highest BCUT2D eigenvalue weighted by atomic mass is 79.9. The van der Waals surface area contributed by atoms with Gasteiger partial charge in [0.25, 0.3) is 0 Å². The predicted octanol–water partition coefficient (Wildman–Crippen LogP) is 4.33. The zero-order valence-corrected chi connectivity index (χ0v) is 12.6. The molecule has 0 amide bonds. The van der Waals surface area contributed by atoms with Gasteiger partial charge in [-0.05, 0) is 58.5 Å². The minimum Gasteiger partial charge on any atom is -0.310 e. The van der Waals surface area contributed by atoms with Crippen LogP contribution in [0, 0.1) is 0 Å². The van der Waals surface area contributed by atoms with Crippen LogP contribution < -0.4 is 5.32 Å². The summed E-state index contributed by atoms with van der Waals surface area (Å²) in [4.78, 5) is 1.45. The average Bonchev–Trinajstić information content (AvgIpc) is 2.97. The summed E-state index contributed by atoms with van der Waals surface area (Å²) in [6.07, 6.45) is 3.58. The Balaban J connectivity index is 1.56. The maximum atomic E-state index is 3.69. The Bertz CT molecular complexity index is 535. The van der Waals surface area contributed by atoms with E-state index < -0.39 is 0 Å². The fourth-order valence-corrected chi connectivity index (χ4v) is 4.11. The summed E-state index contributed by atoms with van der Waals surface area (Å²) in [5.41, 5.74) is 3.03. The number of nitrogens with one attached hydrogen (secondary N) is 1. The highest BCUT2D eigenvalue weighted by molar-refractivity contribution is 9.11. The lowest BCUT2D eigenvalue weighted by Gasteiger charge is -2.13. The molecule has 1 aliphatic carbocycles. The van der Waals surface area contributed by atoms with Crippen molar-refractivity contribution in [1.82, 2.24) is 5.32 Å². The van der Waals surface area contributed by atoms with Crippen LogP contribution in [0.15, 0.2) is 40.2 Å². The smallest absolute Gasteiger partial charge is 0.0701 e. The van der Waals surface area contributed by atoms with Crippen LogP contribution in [0.3, 0.4) is 0 Å². The first-order chi connectivity index (χ1) is 8.83. The second kappa shape index (κ2) is 5.55. The molecular weight excluding hydrogens is 306 g/mol. The van der Waals surface area contributed by atoms with Crippen molar-refractivity contribution in [2.24, 2.45) is 0 Å². The monoisotopic (exact) mass is 321 g/mol. The maximum Gasteiger partial charge on any atom is 0.0701 e. The third kappa shape index (κ3) is 2.68. The van der Waals surface area contributed by atoms with Gasteiger partial charge in [0.2, 0.25) is 0 Å². The van der Waals surface area contributed by atoms with Crippen LogP contribution in [-0.4, -0.2) is 6.54 Å². The number of hydrogen-bond acceptors (Lipinski definition) is 2. The van der Waals surface area contributed by atoms with Crippen LogP contribution in [0.1, 0.15) is 28.5 Å². The standard InChI is InChI=1S/C15H16BrNS/c16-15-8-6-12(18-15)9-10-17-14-7-5-11-3-1-2-4-13(11)14/h1-4,6,8,14,17H,5,7,9-10H2. The first kappa shape index (κ1) is 12.4. The molecule has 3 rings (SSSR count). The zero-order chi connectivity index (χ0) is 12.4. The molecule has 1 aromatic heterocycles. The predicted molar refractivity (Wildman–Crippen MR) is 81.2 cm³/mol. The van der Waals surface area contributed by atoms with Crippen LogP contribution in [0.5, 0.6) is 0 Å². The summed E-state index contributed by atoms with van der Waals surface area (Å²) in [6, 6.07) is 13.7. The molecule has 0 bridgehead atoms. The third-order valence-corrected chi connectivity index (χ3v) is 5.21. The molecule has 0 radical (unpaired) electrons. The van der Waals surface area contributed by atoms with Gasteiger partial charge >= 0.3 is 0 Å². The Morgan fingerprint density at radius 2 is 2.11 bits per heavy atom. The average molecular weight is 322 g/mol. The van der Waals surface area contributed by atoms with E-state index in [1.54, 1.807) is 0 Å². The summed E-state index contributed by atoms with van der Waals surface area (Å²) < 4.78 is 1.23. The van der Waals surface area contributed by atoms with E-state index in [4.69, 9.17) is 0 Å². The second-order valence-electron chi connectivity index (χ2n) is 4.70. The van der Waals surface area contributed by atoms with Crippen molar-refractivity contribution in [3.8, 4) is 0 Å². The molecule has 1 aromatic carbocycles. The van der Waals surface area contributed by atoms with Gasteiger partial charge in [-0.2, -0.15) is 0 Å². The van der Waals surface area contributed by atoms with Gasteiger partial charge in [0, 0.05) is 17.5 Å². The van der Waals surface area contributed by atoms with Crippen LogP contribution in [0.4, 0.5) is 0 Å². The van der Waals surface area contributed by atoms with Gasteiger partial charge < -0.3 is 5.32 Å². The number of aryl methyl sites for hydroxylation is 1. The highest BCUT2D eigenvalue weighted by Crippen LogP contribution is 2.30. The van der Waals surface area contributed by atoms with E-state index >= 15 is 0 Å². The fourth-order valence-electron chi connectivity index (χ4n) is 2.62. The number of hydrogen-bond donors (Lipinski definition) is 1. The van der Waals surface area contributed by atoms with E-state index in [0.29, 0.717) is 6.04 Å². The summed E-state index contributed by atoms with van der Waals surface area (Å²) in [6.45, 7) is 1.06. The Kier molecular flexibility index (Phi) is 3.83. The molecule has 1 nitrogen and oxygen atoms in total. The third-order valence-electron chi connectivity index (χ3n) is 3.52. The lowest BCUT2D eigenvalue weighted by molar-refractivity contribution is 0.535. The molecule has 18 heavy (non-hydrogen) atoms. The molecule has 0 saturated carbocycles. The Morgan fingerprint density at radius 1 is 1.22 bits per heavy atom. The van der Waals surface area contributed by atoms with E-state index in [1.165, 1.54) is 32.6 Å². The maximum absolute atomic E-state index is 3.69. The minimum absolute atomic E-state index is 0.560. The van der Waals surface area contributed by atoms with Crippen molar-refractivity contribution < 1.29 is 0 Å². The lowest BCUT2D eigenvalue weighted by Crippen LogP contribution is -2.21. The van der Waals surface area contributed by atoms with Crippen LogP contribution in [0.2, 0.25) is 0 Å². The van der Waals surface area contributed by atoms with E-state index in [0.717, 1.165) is 13.0 Å². The molecule has 0 saturated heterocycles. The number of benzene rings is 1. The molecule has 1 aliphatic rings.